The van der Waals surface area contributed by atoms with Crippen molar-refractivity contribution in [2.75, 3.05) is 0 Å². The molecule has 0 bridgehead atoms. The summed E-state index contributed by atoms with van der Waals surface area (Å²) in [7, 11) is 8.61. The van der Waals surface area contributed by atoms with E-state index in [1.165, 1.54) is 209 Å². The van der Waals surface area contributed by atoms with Gasteiger partial charge in [-0.2, -0.15) is 0 Å². The second-order valence-corrected chi connectivity index (χ2v) is 44.8. The maximum absolute atomic E-state index is 5.08. The smallest absolute Gasteiger partial charge is 0.220 e. The lowest BCUT2D eigenvalue weighted by molar-refractivity contribution is -0.659. The summed E-state index contributed by atoms with van der Waals surface area (Å²) in [5.74, 6) is 0. The average Bonchev–Trinajstić information content (AvgIpc) is 0.733. The van der Waals surface area contributed by atoms with Gasteiger partial charge in [0.1, 0.15) is 28.2 Å². The molecule has 8 heteroatoms. The first-order valence-corrected chi connectivity index (χ1v) is 47.1. The molecule has 0 spiro atoms. The summed E-state index contributed by atoms with van der Waals surface area (Å²) >= 11 is 0. The molecule has 0 fully saturated rings. The Balaban J connectivity index is 0.000000133. The van der Waals surface area contributed by atoms with Gasteiger partial charge in [0.15, 0.2) is 24.8 Å². The van der Waals surface area contributed by atoms with Crippen LogP contribution >= 0.6 is 0 Å². The number of fused-ring (bicyclic) bond motifs is 14. The summed E-state index contributed by atoms with van der Waals surface area (Å²) in [6.07, 6.45) is 16.9. The third kappa shape index (κ3) is 18.8. The number of rotatable bonds is 8. The van der Waals surface area contributed by atoms with Gasteiger partial charge in [-0.05, 0) is 289 Å². The zero-order valence-corrected chi connectivity index (χ0v) is 84.2. The second kappa shape index (κ2) is 35.0. The van der Waals surface area contributed by atoms with Crippen molar-refractivity contribution >= 4 is 108 Å². The molecule has 10 aromatic carbocycles. The van der Waals surface area contributed by atoms with Crippen LogP contribution in [0.15, 0.2) is 219 Å². The van der Waals surface area contributed by atoms with Gasteiger partial charge in [-0.1, -0.05) is 221 Å². The van der Waals surface area contributed by atoms with Crippen LogP contribution < -0.4 is 18.3 Å². The number of hydrogen-bond donors (Lipinski definition) is 0. The van der Waals surface area contributed by atoms with Gasteiger partial charge >= 0.3 is 0 Å². The number of pyridine rings is 8. The predicted molar refractivity (Wildman–Crippen MR) is 556 cm³/mol. The highest BCUT2D eigenvalue weighted by molar-refractivity contribution is 6.14. The van der Waals surface area contributed by atoms with Gasteiger partial charge in [-0.15, -0.1) is 0 Å². The highest BCUT2D eigenvalue weighted by Gasteiger charge is 2.31. The first-order chi connectivity index (χ1) is 61.0. The molecular weight excluding hydrogens is 1580 g/mol. The molecular formula is C122H140N8+4. The van der Waals surface area contributed by atoms with Gasteiger partial charge in [0.05, 0.1) is 65.9 Å². The lowest BCUT2D eigenvalue weighted by Crippen LogP contribution is -2.31. The van der Waals surface area contributed by atoms with E-state index in [2.05, 4.69) is 447 Å². The van der Waals surface area contributed by atoms with Gasteiger partial charge in [0.25, 0.3) is 0 Å². The van der Waals surface area contributed by atoms with Crippen molar-refractivity contribution in [3.63, 3.8) is 0 Å². The van der Waals surface area contributed by atoms with Crippen LogP contribution in [0.25, 0.3) is 153 Å². The minimum atomic E-state index is 0.0401. The number of aryl methyl sites for hydroxylation is 12. The number of benzene rings is 10. The van der Waals surface area contributed by atoms with Crippen molar-refractivity contribution in [2.45, 2.75) is 230 Å². The molecule has 130 heavy (non-hydrogen) atoms. The Morgan fingerprint density at radius 1 is 0.238 bits per heavy atom. The number of aromatic nitrogens is 8. The third-order valence-electron chi connectivity index (χ3n) is 26.6. The molecule has 0 N–H and O–H groups in total. The van der Waals surface area contributed by atoms with Gasteiger partial charge < -0.3 is 0 Å². The predicted octanol–water partition coefficient (Wildman–Crippen LogP) is 29.9. The monoisotopic (exact) mass is 1720 g/mol. The van der Waals surface area contributed by atoms with E-state index >= 15 is 0 Å². The fourth-order valence-electron chi connectivity index (χ4n) is 20.5. The molecule has 0 saturated carbocycles. The third-order valence-corrected chi connectivity index (χ3v) is 26.6. The molecule has 664 valence electrons. The largest absolute Gasteiger partial charge is 0.256 e. The van der Waals surface area contributed by atoms with Crippen molar-refractivity contribution < 1.29 is 18.3 Å². The van der Waals surface area contributed by atoms with Crippen LogP contribution in [0.5, 0.6) is 0 Å². The van der Waals surface area contributed by atoms with E-state index in [-0.39, 0.29) is 32.5 Å². The summed E-state index contributed by atoms with van der Waals surface area (Å²) in [6, 6.07) is 67.9. The summed E-state index contributed by atoms with van der Waals surface area (Å²) < 4.78 is 9.05. The maximum atomic E-state index is 5.08. The molecule has 0 atom stereocenters. The lowest BCUT2D eigenvalue weighted by Gasteiger charge is -2.24. The van der Waals surface area contributed by atoms with Gasteiger partial charge in [0, 0.05) is 91.1 Å². The Hall–Kier alpha value is -12.0. The first kappa shape index (κ1) is 92.7. The Kier molecular flexibility index (Phi) is 25.0. The number of hydrogen-bond acceptors (Lipinski definition) is 4. The summed E-state index contributed by atoms with van der Waals surface area (Å²) in [6.45, 7) is 63.5. The zero-order chi connectivity index (χ0) is 93.8. The Labute approximate surface area is 775 Å². The summed E-state index contributed by atoms with van der Waals surface area (Å²) in [5.41, 5.74) is 36.8. The second-order valence-electron chi connectivity index (χ2n) is 44.8. The Bertz CT molecular complexity index is 7560. The van der Waals surface area contributed by atoms with Crippen LogP contribution in [0.4, 0.5) is 0 Å². The van der Waals surface area contributed by atoms with Crippen molar-refractivity contribution in [3.05, 3.63) is 308 Å². The fourth-order valence-corrected chi connectivity index (χ4v) is 20.5. The quantitative estimate of drug-likeness (QED) is 0.112. The molecule has 0 amide bonds. The molecule has 8 heterocycles. The van der Waals surface area contributed by atoms with E-state index < -0.39 is 0 Å². The Morgan fingerprint density at radius 2 is 0.500 bits per heavy atom. The molecule has 0 aliphatic heterocycles. The molecule has 0 saturated heterocycles. The molecule has 0 radical (unpaired) electrons. The molecule has 0 aliphatic carbocycles. The van der Waals surface area contributed by atoms with E-state index in [1.54, 1.807) is 0 Å². The van der Waals surface area contributed by atoms with Crippen molar-refractivity contribution in [1.82, 2.24) is 19.9 Å². The SMILES string of the molecule is Cc1c(-c2c3ccc4c(CC(C)(C)C)ccnc4c3cc[n+]2C)cc(C(C)(C)C)c2ccccc12.Cc1cc(C)c(C)c(-c2c3ccc4c(CC(C)(C)C)cc(C)nc4c3cc[n+]2C)c1.Cc1cc(C)c(C)c(-c2c3ccc4c(CC(C)(C)C)ccnc4c3cc[n+]2C)c1.Cc1cc(CC(C)(C)C)c2ccc3c(-c4cc(C(C)(C)C)c5ccccc5c4C)[n+](C)ccc3c2n1. The van der Waals surface area contributed by atoms with E-state index in [0.29, 0.717) is 0 Å². The van der Waals surface area contributed by atoms with E-state index in [1.807, 2.05) is 12.4 Å². The topological polar surface area (TPSA) is 67.1 Å². The average molecular weight is 1720 g/mol. The van der Waals surface area contributed by atoms with E-state index in [0.717, 1.165) is 59.1 Å². The summed E-state index contributed by atoms with van der Waals surface area (Å²) in [5, 5.41) is 20.4. The van der Waals surface area contributed by atoms with Gasteiger partial charge in [0.2, 0.25) is 22.8 Å². The standard InChI is InChI=1S/C34H39N2.C33H37N2.C28H33N2.C27H31N2/c1-21-18-23(20-33(3,4)5)25-14-15-28-27(31(25)35-21)16-17-36(9)32(28)29-19-30(34(6,7)8)26-13-11-10-12-24(26)22(29)2;1-21-23-11-9-10-12-25(23)29(33(5,6)7)19-28(21)31-27-14-13-24-22(20-32(2,3)4)15-17-34-30(24)26(27)16-18-35(31)8;1-17-13-18(2)20(4)25(14-17)27-24-10-9-22-21(16-28(5,6)7)15-19(3)29-26(22)23(24)11-12-30(27)8;1-17-14-18(2)19(3)24(15-17)26-23-9-8-21-20(16-27(4,5)6)10-12-28-25(21)22(23)11-13-29(26)7/h10-19H,20H2,1-9H3;9-19H,20H2,1-8H3;9-15H,16H2,1-8H3;8-15H,16H2,1-7H3/q4*+1. The van der Waals surface area contributed by atoms with Crippen LogP contribution in [-0.4, -0.2) is 19.9 Å². The first-order valence-electron chi connectivity index (χ1n) is 47.1. The minimum absolute atomic E-state index is 0.0401. The molecule has 8 aromatic heterocycles. The van der Waals surface area contributed by atoms with Crippen molar-refractivity contribution in [2.24, 2.45) is 49.9 Å². The van der Waals surface area contributed by atoms with Crippen molar-refractivity contribution in [1.29, 1.82) is 0 Å². The molecule has 0 aliphatic rings. The molecule has 0 unspecified atom stereocenters. The highest BCUT2D eigenvalue weighted by Crippen LogP contribution is 2.46. The van der Waals surface area contributed by atoms with Crippen molar-refractivity contribution in [3.8, 4) is 45.0 Å². The van der Waals surface area contributed by atoms with Crippen LogP contribution in [0.3, 0.4) is 0 Å². The van der Waals surface area contributed by atoms with Crippen LogP contribution in [0, 0.1) is 90.9 Å². The van der Waals surface area contributed by atoms with Crippen LogP contribution in [-0.2, 0) is 64.7 Å². The van der Waals surface area contributed by atoms with Crippen LogP contribution in [0.1, 0.15) is 214 Å². The van der Waals surface area contributed by atoms with Gasteiger partial charge in [-0.25, -0.2) is 18.3 Å². The zero-order valence-electron chi connectivity index (χ0n) is 84.2. The minimum Gasteiger partial charge on any atom is -0.256 e. The highest BCUT2D eigenvalue weighted by atomic mass is 14.9. The van der Waals surface area contributed by atoms with E-state index in [9.17, 15) is 0 Å². The van der Waals surface area contributed by atoms with Gasteiger partial charge in [-0.3, -0.25) is 19.9 Å². The van der Waals surface area contributed by atoms with Crippen LogP contribution in [0.2, 0.25) is 0 Å². The number of nitrogens with zero attached hydrogens (tertiary/aromatic N) is 8. The molecule has 18 rings (SSSR count). The Morgan fingerprint density at radius 3 is 0.792 bits per heavy atom. The normalized spacial score (nSPS) is 12.4. The maximum Gasteiger partial charge on any atom is 0.220 e. The molecule has 18 aromatic rings. The molecule has 8 nitrogen and oxygen atoms in total. The lowest BCUT2D eigenvalue weighted by atomic mass is 9.80. The summed E-state index contributed by atoms with van der Waals surface area (Å²) in [4.78, 5) is 19.8. The van der Waals surface area contributed by atoms with E-state index in [4.69, 9.17) is 19.9 Å². The fraction of sp³-hybridized carbons (Fsp3) is 0.344.